The van der Waals surface area contributed by atoms with Gasteiger partial charge in [-0.2, -0.15) is 0 Å². The van der Waals surface area contributed by atoms with Crippen molar-refractivity contribution in [3.8, 4) is 17.2 Å². The molecule has 1 aromatic heterocycles. The highest BCUT2D eigenvalue weighted by Crippen LogP contribution is 2.27. The maximum atomic E-state index is 12.4. The van der Waals surface area contributed by atoms with Crippen molar-refractivity contribution in [1.82, 2.24) is 4.98 Å². The molecule has 172 valence electrons. The van der Waals surface area contributed by atoms with E-state index in [1.54, 1.807) is 36.4 Å². The van der Waals surface area contributed by atoms with Crippen LogP contribution in [0.5, 0.6) is 5.75 Å². The number of amides is 1. The average Bonchev–Trinajstić information content (AvgIpc) is 3.31. The number of nitrogens with one attached hydrogen (secondary N) is 1. The summed E-state index contributed by atoms with van der Waals surface area (Å²) < 4.78 is 11.7. The highest BCUT2D eigenvalue weighted by molar-refractivity contribution is 6.30. The van der Waals surface area contributed by atoms with E-state index in [1.807, 2.05) is 66.7 Å². The lowest BCUT2D eigenvalue weighted by Gasteiger charge is -2.06. The SMILES string of the molecule is O=C(/C=C/c1ccc(OCc2ccccc2)cc1)Nc1ccc2nc(-c3cccc(Cl)c3)oc2c1. The molecule has 1 amide bonds. The summed E-state index contributed by atoms with van der Waals surface area (Å²) in [6, 6.07) is 30.2. The number of ether oxygens (including phenoxy) is 1. The fraction of sp³-hybridized carbons (Fsp3) is 0.0345. The van der Waals surface area contributed by atoms with Gasteiger partial charge in [0, 0.05) is 28.4 Å². The molecule has 5 aromatic rings. The topological polar surface area (TPSA) is 64.4 Å². The molecule has 1 heterocycles. The molecule has 0 fully saturated rings. The second kappa shape index (κ2) is 10.3. The van der Waals surface area contributed by atoms with E-state index in [4.69, 9.17) is 20.8 Å². The molecule has 1 N–H and O–H groups in total. The van der Waals surface area contributed by atoms with Gasteiger partial charge in [-0.05, 0) is 59.7 Å². The number of halogens is 1. The minimum Gasteiger partial charge on any atom is -0.489 e. The van der Waals surface area contributed by atoms with Crippen LogP contribution < -0.4 is 10.1 Å². The van der Waals surface area contributed by atoms with Gasteiger partial charge in [-0.1, -0.05) is 60.1 Å². The van der Waals surface area contributed by atoms with E-state index in [9.17, 15) is 4.79 Å². The highest BCUT2D eigenvalue weighted by Gasteiger charge is 2.10. The van der Waals surface area contributed by atoms with Gasteiger partial charge < -0.3 is 14.5 Å². The number of fused-ring (bicyclic) bond motifs is 1. The van der Waals surface area contributed by atoms with E-state index >= 15 is 0 Å². The molecule has 0 aliphatic heterocycles. The van der Waals surface area contributed by atoms with E-state index < -0.39 is 0 Å². The van der Waals surface area contributed by atoms with E-state index in [0.29, 0.717) is 34.3 Å². The number of benzene rings is 4. The summed E-state index contributed by atoms with van der Waals surface area (Å²) in [5, 5.41) is 3.46. The van der Waals surface area contributed by atoms with Crippen LogP contribution >= 0.6 is 11.6 Å². The summed E-state index contributed by atoms with van der Waals surface area (Å²) >= 11 is 6.07. The van der Waals surface area contributed by atoms with Gasteiger partial charge in [-0.3, -0.25) is 4.79 Å². The molecule has 0 atom stereocenters. The Kier molecular flexibility index (Phi) is 6.59. The predicted molar refractivity (Wildman–Crippen MR) is 139 cm³/mol. The molecule has 0 saturated carbocycles. The number of carbonyl (C=O) groups is 1. The van der Waals surface area contributed by atoms with Crippen LogP contribution in [-0.2, 0) is 11.4 Å². The number of anilines is 1. The fourth-order valence-corrected chi connectivity index (χ4v) is 3.71. The second-order valence-electron chi connectivity index (χ2n) is 7.88. The van der Waals surface area contributed by atoms with Crippen molar-refractivity contribution in [2.24, 2.45) is 0 Å². The molecule has 0 bridgehead atoms. The monoisotopic (exact) mass is 480 g/mol. The largest absolute Gasteiger partial charge is 0.489 e. The van der Waals surface area contributed by atoms with Gasteiger partial charge >= 0.3 is 0 Å². The number of hydrogen-bond donors (Lipinski definition) is 1. The summed E-state index contributed by atoms with van der Waals surface area (Å²) in [6.45, 7) is 0.508. The fourth-order valence-electron chi connectivity index (χ4n) is 3.52. The summed E-state index contributed by atoms with van der Waals surface area (Å²) in [4.78, 5) is 16.9. The molecular formula is C29H21ClN2O3. The number of carbonyl (C=O) groups excluding carboxylic acids is 1. The Balaban J connectivity index is 1.20. The Morgan fingerprint density at radius 3 is 2.57 bits per heavy atom. The second-order valence-corrected chi connectivity index (χ2v) is 8.31. The van der Waals surface area contributed by atoms with E-state index in [2.05, 4.69) is 10.3 Å². The Hall–Kier alpha value is -4.35. The first kappa shape index (κ1) is 22.4. The molecule has 6 heteroatoms. The smallest absolute Gasteiger partial charge is 0.248 e. The van der Waals surface area contributed by atoms with Crippen LogP contribution in [0.2, 0.25) is 5.02 Å². The molecule has 5 rings (SSSR count). The molecule has 4 aromatic carbocycles. The van der Waals surface area contributed by atoms with Crippen LogP contribution in [0.3, 0.4) is 0 Å². The molecule has 0 unspecified atom stereocenters. The number of hydrogen-bond acceptors (Lipinski definition) is 4. The first-order valence-corrected chi connectivity index (χ1v) is 11.4. The summed E-state index contributed by atoms with van der Waals surface area (Å²) in [5.41, 5.74) is 4.68. The summed E-state index contributed by atoms with van der Waals surface area (Å²) in [6.07, 6.45) is 3.24. The molecule has 0 saturated heterocycles. The molecule has 0 aliphatic carbocycles. The molecule has 5 nitrogen and oxygen atoms in total. The molecular weight excluding hydrogens is 460 g/mol. The molecule has 0 radical (unpaired) electrons. The van der Waals surface area contributed by atoms with Crippen molar-refractivity contribution in [3.05, 3.63) is 119 Å². The Bertz CT molecular complexity index is 1490. The van der Waals surface area contributed by atoms with Crippen LogP contribution in [0.25, 0.3) is 28.6 Å². The first-order valence-electron chi connectivity index (χ1n) is 11.0. The minimum atomic E-state index is -0.247. The van der Waals surface area contributed by atoms with Crippen LogP contribution in [0.15, 0.2) is 108 Å². The Morgan fingerprint density at radius 2 is 1.77 bits per heavy atom. The maximum absolute atomic E-state index is 12.4. The van der Waals surface area contributed by atoms with Gasteiger partial charge in [-0.25, -0.2) is 4.98 Å². The minimum absolute atomic E-state index is 0.247. The lowest BCUT2D eigenvalue weighted by Crippen LogP contribution is -2.07. The summed E-state index contributed by atoms with van der Waals surface area (Å²) in [5.74, 6) is 0.998. The van der Waals surface area contributed by atoms with Crippen molar-refractivity contribution in [2.75, 3.05) is 5.32 Å². The number of aromatic nitrogens is 1. The zero-order chi connectivity index (χ0) is 24.0. The summed E-state index contributed by atoms with van der Waals surface area (Å²) in [7, 11) is 0. The molecule has 0 spiro atoms. The number of rotatable bonds is 7. The van der Waals surface area contributed by atoms with E-state index in [0.717, 1.165) is 22.4 Å². The number of oxazole rings is 1. The third kappa shape index (κ3) is 5.78. The van der Waals surface area contributed by atoms with Crippen LogP contribution in [-0.4, -0.2) is 10.9 Å². The third-order valence-electron chi connectivity index (χ3n) is 5.28. The van der Waals surface area contributed by atoms with Crippen molar-refractivity contribution in [2.45, 2.75) is 6.61 Å². The normalized spacial score (nSPS) is 11.1. The van der Waals surface area contributed by atoms with Crippen LogP contribution in [0, 0.1) is 0 Å². The van der Waals surface area contributed by atoms with Crippen LogP contribution in [0.1, 0.15) is 11.1 Å². The van der Waals surface area contributed by atoms with Gasteiger partial charge in [0.2, 0.25) is 11.8 Å². The van der Waals surface area contributed by atoms with Gasteiger partial charge in [0.05, 0.1) is 0 Å². The van der Waals surface area contributed by atoms with Crippen molar-refractivity contribution in [3.63, 3.8) is 0 Å². The Labute approximate surface area is 207 Å². The molecule has 0 aliphatic rings. The number of nitrogens with zero attached hydrogens (tertiary/aromatic N) is 1. The maximum Gasteiger partial charge on any atom is 0.248 e. The van der Waals surface area contributed by atoms with Crippen molar-refractivity contribution >= 4 is 40.4 Å². The van der Waals surface area contributed by atoms with Crippen molar-refractivity contribution < 1.29 is 13.9 Å². The lowest BCUT2D eigenvalue weighted by atomic mass is 10.2. The van der Waals surface area contributed by atoms with Gasteiger partial charge in [0.15, 0.2) is 5.58 Å². The van der Waals surface area contributed by atoms with E-state index in [-0.39, 0.29) is 5.91 Å². The molecule has 35 heavy (non-hydrogen) atoms. The lowest BCUT2D eigenvalue weighted by molar-refractivity contribution is -0.111. The predicted octanol–water partition coefficient (Wildman–Crippen LogP) is 7.38. The van der Waals surface area contributed by atoms with Crippen molar-refractivity contribution in [1.29, 1.82) is 0 Å². The standard InChI is InChI=1S/C29H21ClN2O3/c30-23-8-4-7-22(17-23)29-32-26-15-12-24(18-27(26)35-29)31-28(33)16-11-20-9-13-25(14-10-20)34-19-21-5-2-1-3-6-21/h1-18H,19H2,(H,31,33)/b16-11+. The van der Waals surface area contributed by atoms with Gasteiger partial charge in [0.1, 0.15) is 17.9 Å². The first-order chi connectivity index (χ1) is 17.1. The Morgan fingerprint density at radius 1 is 0.943 bits per heavy atom. The van der Waals surface area contributed by atoms with Gasteiger partial charge in [0.25, 0.3) is 0 Å². The quantitative estimate of drug-likeness (QED) is 0.247. The highest BCUT2D eigenvalue weighted by atomic mass is 35.5. The average molecular weight is 481 g/mol. The van der Waals surface area contributed by atoms with Gasteiger partial charge in [-0.15, -0.1) is 0 Å². The zero-order valence-corrected chi connectivity index (χ0v) is 19.4. The van der Waals surface area contributed by atoms with E-state index in [1.165, 1.54) is 6.08 Å². The zero-order valence-electron chi connectivity index (χ0n) is 18.6. The van der Waals surface area contributed by atoms with Crippen LogP contribution in [0.4, 0.5) is 5.69 Å². The third-order valence-corrected chi connectivity index (χ3v) is 5.52.